The summed E-state index contributed by atoms with van der Waals surface area (Å²) < 4.78 is 14.6. The average molecular weight is 314 g/mol. The van der Waals surface area contributed by atoms with Crippen LogP contribution in [-0.2, 0) is 6.42 Å². The van der Waals surface area contributed by atoms with Crippen LogP contribution >= 0.6 is 22.9 Å². The van der Waals surface area contributed by atoms with E-state index in [0.717, 1.165) is 4.88 Å². The number of carbonyl (C=O) groups excluding carboxylic acids is 1. The fourth-order valence-corrected chi connectivity index (χ4v) is 2.76. The number of nitrogens with zero attached hydrogens (tertiary/aromatic N) is 1. The van der Waals surface area contributed by atoms with Gasteiger partial charge in [-0.05, 0) is 24.6 Å². The Morgan fingerprint density at radius 3 is 2.90 bits per heavy atom. The van der Waals surface area contributed by atoms with Crippen LogP contribution in [0.3, 0.4) is 0 Å². The summed E-state index contributed by atoms with van der Waals surface area (Å²) in [5, 5.41) is 5.27. The molecule has 0 atom stereocenters. The quantitative estimate of drug-likeness (QED) is 0.892. The van der Waals surface area contributed by atoms with Gasteiger partial charge in [-0.1, -0.05) is 11.6 Å². The van der Waals surface area contributed by atoms with Crippen LogP contribution in [0, 0.1) is 5.82 Å². The van der Waals surface area contributed by atoms with Crippen molar-refractivity contribution in [1.82, 2.24) is 10.3 Å². The van der Waals surface area contributed by atoms with E-state index in [4.69, 9.17) is 11.6 Å². The molecule has 7 heteroatoms. The number of pyridine rings is 1. The lowest BCUT2D eigenvalue weighted by molar-refractivity contribution is 0.0950. The molecular weight excluding hydrogens is 301 g/mol. The first-order valence-corrected chi connectivity index (χ1v) is 7.16. The maximum absolute atomic E-state index is 13.9. The van der Waals surface area contributed by atoms with Crippen molar-refractivity contribution in [3.05, 3.63) is 45.0 Å². The summed E-state index contributed by atoms with van der Waals surface area (Å²) in [4.78, 5) is 16.8. The Labute approximate surface area is 125 Å². The maximum atomic E-state index is 13.9. The maximum Gasteiger partial charge on any atom is 0.254 e. The zero-order chi connectivity index (χ0) is 14.5. The standard InChI is InChI=1S/C13H13ClFN3OS/c1-16-12-11(15)9(5-7-17-12)13(19)18-6-4-8-2-3-10(14)20-8/h2-3,5,7H,4,6H2,1H3,(H,16,17)(H,18,19). The molecule has 20 heavy (non-hydrogen) atoms. The van der Waals surface area contributed by atoms with Crippen LogP contribution < -0.4 is 10.6 Å². The summed E-state index contributed by atoms with van der Waals surface area (Å²) in [5.74, 6) is -1.04. The minimum atomic E-state index is -0.647. The van der Waals surface area contributed by atoms with Gasteiger partial charge in [-0.15, -0.1) is 11.3 Å². The zero-order valence-corrected chi connectivity index (χ0v) is 12.3. The highest BCUT2D eigenvalue weighted by molar-refractivity contribution is 7.16. The Kier molecular flexibility index (Phi) is 4.92. The molecule has 0 bridgehead atoms. The molecule has 2 aromatic heterocycles. The molecule has 0 unspecified atom stereocenters. The van der Waals surface area contributed by atoms with E-state index in [-0.39, 0.29) is 11.4 Å². The topological polar surface area (TPSA) is 54.0 Å². The van der Waals surface area contributed by atoms with Crippen LogP contribution in [0.2, 0.25) is 4.34 Å². The molecule has 0 fully saturated rings. The lowest BCUT2D eigenvalue weighted by Crippen LogP contribution is -2.26. The summed E-state index contributed by atoms with van der Waals surface area (Å²) in [6.45, 7) is 0.423. The highest BCUT2D eigenvalue weighted by Crippen LogP contribution is 2.21. The Hall–Kier alpha value is -1.66. The Morgan fingerprint density at radius 1 is 1.45 bits per heavy atom. The highest BCUT2D eigenvalue weighted by atomic mass is 35.5. The van der Waals surface area contributed by atoms with Crippen LogP contribution in [0.15, 0.2) is 24.4 Å². The van der Waals surface area contributed by atoms with Crippen molar-refractivity contribution in [2.75, 3.05) is 18.9 Å². The van der Waals surface area contributed by atoms with E-state index >= 15 is 0 Å². The van der Waals surface area contributed by atoms with Crippen molar-refractivity contribution in [3.63, 3.8) is 0 Å². The summed E-state index contributed by atoms with van der Waals surface area (Å²) in [7, 11) is 1.55. The first-order valence-electron chi connectivity index (χ1n) is 5.96. The van der Waals surface area contributed by atoms with Crippen molar-refractivity contribution in [2.45, 2.75) is 6.42 Å². The van der Waals surface area contributed by atoms with Crippen molar-refractivity contribution >= 4 is 34.7 Å². The molecular formula is C13H13ClFN3OS. The van der Waals surface area contributed by atoms with Crippen LogP contribution in [0.5, 0.6) is 0 Å². The third kappa shape index (κ3) is 3.46. The van der Waals surface area contributed by atoms with Gasteiger partial charge in [-0.2, -0.15) is 0 Å². The minimum Gasteiger partial charge on any atom is -0.371 e. The number of nitrogens with one attached hydrogen (secondary N) is 2. The lowest BCUT2D eigenvalue weighted by Gasteiger charge is -2.07. The smallest absolute Gasteiger partial charge is 0.254 e. The van der Waals surface area contributed by atoms with E-state index in [1.807, 2.05) is 12.1 Å². The third-order valence-electron chi connectivity index (χ3n) is 2.66. The molecule has 0 aliphatic heterocycles. The molecule has 0 spiro atoms. The van der Waals surface area contributed by atoms with E-state index in [9.17, 15) is 9.18 Å². The predicted molar refractivity (Wildman–Crippen MR) is 79.1 cm³/mol. The van der Waals surface area contributed by atoms with Crippen molar-refractivity contribution < 1.29 is 9.18 Å². The second kappa shape index (κ2) is 6.67. The number of carbonyl (C=O) groups is 1. The van der Waals surface area contributed by atoms with E-state index in [2.05, 4.69) is 15.6 Å². The molecule has 2 aromatic rings. The van der Waals surface area contributed by atoms with E-state index < -0.39 is 11.7 Å². The summed E-state index contributed by atoms with van der Waals surface area (Å²) in [5.41, 5.74) is -0.0199. The first-order chi connectivity index (χ1) is 9.61. The van der Waals surface area contributed by atoms with Gasteiger partial charge in [0.15, 0.2) is 11.6 Å². The van der Waals surface area contributed by atoms with E-state index in [0.29, 0.717) is 17.3 Å². The number of hydrogen-bond donors (Lipinski definition) is 2. The summed E-state index contributed by atoms with van der Waals surface area (Å²) >= 11 is 7.28. The molecule has 0 radical (unpaired) electrons. The number of hydrogen-bond acceptors (Lipinski definition) is 4. The first kappa shape index (κ1) is 14.7. The summed E-state index contributed by atoms with van der Waals surface area (Å²) in [6.07, 6.45) is 2.05. The Morgan fingerprint density at radius 2 is 2.25 bits per heavy atom. The SMILES string of the molecule is CNc1nccc(C(=O)NCCc2ccc(Cl)s2)c1F. The largest absolute Gasteiger partial charge is 0.371 e. The molecule has 0 saturated carbocycles. The van der Waals surface area contributed by atoms with Gasteiger partial charge in [0.1, 0.15) is 0 Å². The molecule has 0 aliphatic rings. The van der Waals surface area contributed by atoms with Crippen LogP contribution in [0.1, 0.15) is 15.2 Å². The fourth-order valence-electron chi connectivity index (χ4n) is 1.67. The van der Waals surface area contributed by atoms with Gasteiger partial charge in [0.05, 0.1) is 9.90 Å². The molecule has 1 amide bonds. The summed E-state index contributed by atoms with van der Waals surface area (Å²) in [6, 6.07) is 5.07. The van der Waals surface area contributed by atoms with Gasteiger partial charge in [0.25, 0.3) is 5.91 Å². The Bertz CT molecular complexity index is 617. The number of amides is 1. The minimum absolute atomic E-state index is 0.0199. The van der Waals surface area contributed by atoms with E-state index in [1.165, 1.54) is 23.6 Å². The fraction of sp³-hybridized carbons (Fsp3) is 0.231. The van der Waals surface area contributed by atoms with Gasteiger partial charge in [-0.3, -0.25) is 4.79 Å². The van der Waals surface area contributed by atoms with Crippen LogP contribution in [0.25, 0.3) is 0 Å². The number of thiophene rings is 1. The number of halogens is 2. The Balaban J connectivity index is 1.95. The molecule has 2 heterocycles. The molecule has 106 valence electrons. The van der Waals surface area contributed by atoms with Crippen molar-refractivity contribution in [3.8, 4) is 0 Å². The number of aromatic nitrogens is 1. The van der Waals surface area contributed by atoms with Gasteiger partial charge >= 0.3 is 0 Å². The molecule has 0 saturated heterocycles. The molecule has 2 N–H and O–H groups in total. The average Bonchev–Trinajstić information content (AvgIpc) is 2.84. The highest BCUT2D eigenvalue weighted by Gasteiger charge is 2.14. The predicted octanol–water partition coefficient (Wildman–Crippen LogP) is 2.95. The third-order valence-corrected chi connectivity index (χ3v) is 3.95. The second-order valence-corrected chi connectivity index (χ2v) is 5.78. The normalized spacial score (nSPS) is 10.3. The van der Waals surface area contributed by atoms with Gasteiger partial charge < -0.3 is 10.6 Å². The lowest BCUT2D eigenvalue weighted by atomic mass is 10.2. The molecule has 0 aliphatic carbocycles. The second-order valence-electron chi connectivity index (χ2n) is 3.98. The molecule has 2 rings (SSSR count). The van der Waals surface area contributed by atoms with Crippen molar-refractivity contribution in [2.24, 2.45) is 0 Å². The van der Waals surface area contributed by atoms with Gasteiger partial charge in [0, 0.05) is 24.7 Å². The van der Waals surface area contributed by atoms with E-state index in [1.54, 1.807) is 7.05 Å². The number of rotatable bonds is 5. The number of anilines is 1. The zero-order valence-electron chi connectivity index (χ0n) is 10.7. The molecule has 0 aromatic carbocycles. The van der Waals surface area contributed by atoms with Crippen LogP contribution in [0.4, 0.5) is 10.2 Å². The monoisotopic (exact) mass is 313 g/mol. The van der Waals surface area contributed by atoms with Gasteiger partial charge in [-0.25, -0.2) is 9.37 Å². The molecule has 4 nitrogen and oxygen atoms in total. The van der Waals surface area contributed by atoms with Crippen molar-refractivity contribution in [1.29, 1.82) is 0 Å². The van der Waals surface area contributed by atoms with Gasteiger partial charge in [0.2, 0.25) is 0 Å². The van der Waals surface area contributed by atoms with Crippen LogP contribution in [-0.4, -0.2) is 24.5 Å².